The van der Waals surface area contributed by atoms with Crippen molar-refractivity contribution in [1.29, 1.82) is 0 Å². The molecule has 14 heteroatoms. The Labute approximate surface area is 300 Å². The van der Waals surface area contributed by atoms with E-state index in [9.17, 15) is 33.6 Å². The molecule has 0 aromatic rings. The lowest BCUT2D eigenvalue weighted by molar-refractivity contribution is -0.148. The third kappa shape index (κ3) is 14.6. The zero-order valence-corrected chi connectivity index (χ0v) is 33.4. The Bertz CT molecular complexity index is 1170. The third-order valence-electron chi connectivity index (χ3n) is 8.74. The Morgan fingerprint density at radius 3 is 1.64 bits per heavy atom. The summed E-state index contributed by atoms with van der Waals surface area (Å²) in [7, 11) is 5.83. The van der Waals surface area contributed by atoms with Crippen molar-refractivity contribution in [2.24, 2.45) is 23.7 Å². The first kappa shape index (κ1) is 46.3. The molecule has 1 rings (SSSR count). The zero-order valence-electron chi connectivity index (χ0n) is 33.4. The van der Waals surface area contributed by atoms with Gasteiger partial charge < -0.3 is 35.6 Å². The number of hydrogen-bond donors (Lipinski definition) is 3. The molecule has 0 bridgehead atoms. The monoisotopic (exact) mass is 710 g/mol. The summed E-state index contributed by atoms with van der Waals surface area (Å²) in [5, 5.41) is 8.03. The van der Waals surface area contributed by atoms with Gasteiger partial charge in [-0.2, -0.15) is 0 Å². The van der Waals surface area contributed by atoms with E-state index in [1.807, 2.05) is 34.6 Å². The molecule has 14 nitrogen and oxygen atoms in total. The quantitative estimate of drug-likeness (QED) is 0.378. The fourth-order valence-corrected chi connectivity index (χ4v) is 5.14. The normalized spacial score (nSPS) is 25.2. The zero-order chi connectivity index (χ0) is 39.2. The number of carbonyl (C=O) groups is 7. The SMILES string of the molecule is CC(C)C.CCC(C)C1NC(=O)CNC(=O)C(C)N(C)C(=O)C(C)N(C)C(=O)[C@H](CC(C)C)NC(=O)[C@H](CC(C)C)N(C)C(=O)CN(C)C1=O. The van der Waals surface area contributed by atoms with Crippen molar-refractivity contribution < 1.29 is 33.6 Å². The fourth-order valence-electron chi connectivity index (χ4n) is 5.14. The number of nitrogens with zero attached hydrogens (tertiary/aromatic N) is 4. The molecule has 1 saturated heterocycles. The van der Waals surface area contributed by atoms with Crippen molar-refractivity contribution in [3.05, 3.63) is 0 Å². The Hall–Kier alpha value is -3.71. The van der Waals surface area contributed by atoms with Crippen molar-refractivity contribution in [2.75, 3.05) is 41.3 Å². The highest BCUT2D eigenvalue weighted by Crippen LogP contribution is 2.17. The van der Waals surface area contributed by atoms with Gasteiger partial charge >= 0.3 is 0 Å². The predicted octanol–water partition coefficient (Wildman–Crippen LogP) is 1.87. The second kappa shape index (κ2) is 21.5. The van der Waals surface area contributed by atoms with E-state index >= 15 is 0 Å². The molecule has 0 aliphatic carbocycles. The van der Waals surface area contributed by atoms with E-state index in [0.717, 1.165) is 5.92 Å². The van der Waals surface area contributed by atoms with Gasteiger partial charge in [-0.15, -0.1) is 0 Å². The van der Waals surface area contributed by atoms with Crippen LogP contribution in [0, 0.1) is 23.7 Å². The van der Waals surface area contributed by atoms with Gasteiger partial charge in [0.1, 0.15) is 30.2 Å². The molecule has 288 valence electrons. The van der Waals surface area contributed by atoms with Crippen LogP contribution in [0.3, 0.4) is 0 Å². The maximum atomic E-state index is 13.8. The third-order valence-corrected chi connectivity index (χ3v) is 8.74. The first-order chi connectivity index (χ1) is 23.0. The first-order valence-corrected chi connectivity index (χ1v) is 17.9. The van der Waals surface area contributed by atoms with E-state index in [0.29, 0.717) is 12.8 Å². The molecular weight excluding hydrogens is 642 g/mol. The van der Waals surface area contributed by atoms with Gasteiger partial charge in [0.25, 0.3) is 0 Å². The van der Waals surface area contributed by atoms with Crippen molar-refractivity contribution in [2.45, 2.75) is 126 Å². The van der Waals surface area contributed by atoms with Gasteiger partial charge in [0.15, 0.2) is 0 Å². The van der Waals surface area contributed by atoms with E-state index in [1.54, 1.807) is 6.92 Å². The molecule has 1 aliphatic heterocycles. The summed E-state index contributed by atoms with van der Waals surface area (Å²) in [6.45, 7) is 20.0. The van der Waals surface area contributed by atoms with Crippen LogP contribution in [0.2, 0.25) is 0 Å². The molecule has 1 aliphatic rings. The molecule has 0 aromatic heterocycles. The van der Waals surface area contributed by atoms with Crippen LogP contribution < -0.4 is 16.0 Å². The summed E-state index contributed by atoms with van der Waals surface area (Å²) < 4.78 is 0. The van der Waals surface area contributed by atoms with Crippen LogP contribution in [0.4, 0.5) is 0 Å². The Morgan fingerprint density at radius 2 is 1.16 bits per heavy atom. The van der Waals surface area contributed by atoms with Crippen LogP contribution in [0.5, 0.6) is 0 Å². The molecule has 0 aromatic carbocycles. The van der Waals surface area contributed by atoms with E-state index in [1.165, 1.54) is 61.6 Å². The number of hydrogen-bond acceptors (Lipinski definition) is 7. The van der Waals surface area contributed by atoms with Crippen molar-refractivity contribution in [3.63, 3.8) is 0 Å². The maximum absolute atomic E-state index is 13.8. The minimum Gasteiger partial charge on any atom is -0.345 e. The summed E-state index contributed by atoms with van der Waals surface area (Å²) in [5.41, 5.74) is 0. The highest BCUT2D eigenvalue weighted by molar-refractivity contribution is 5.97. The summed E-state index contributed by atoms with van der Waals surface area (Å²) in [6, 6.07) is -4.86. The van der Waals surface area contributed by atoms with Crippen LogP contribution in [0.25, 0.3) is 0 Å². The molecule has 4 unspecified atom stereocenters. The topological polar surface area (TPSA) is 169 Å². The minimum atomic E-state index is -0.983. The van der Waals surface area contributed by atoms with Gasteiger partial charge in [0.05, 0.1) is 13.1 Å². The number of nitrogens with one attached hydrogen (secondary N) is 3. The molecular formula is C36H67N7O7. The van der Waals surface area contributed by atoms with Crippen molar-refractivity contribution in [3.8, 4) is 0 Å². The van der Waals surface area contributed by atoms with Gasteiger partial charge in [-0.1, -0.05) is 68.7 Å². The van der Waals surface area contributed by atoms with E-state index in [2.05, 4.69) is 36.7 Å². The lowest BCUT2D eigenvalue weighted by atomic mass is 9.97. The number of carbonyl (C=O) groups excluding carboxylic acids is 7. The number of likely N-dealkylation sites (N-methyl/N-ethyl adjacent to an activating group) is 4. The van der Waals surface area contributed by atoms with Crippen molar-refractivity contribution in [1.82, 2.24) is 35.6 Å². The fraction of sp³-hybridized carbons (Fsp3) is 0.806. The smallest absolute Gasteiger partial charge is 0.245 e. The van der Waals surface area contributed by atoms with Crippen LogP contribution >= 0.6 is 0 Å². The summed E-state index contributed by atoms with van der Waals surface area (Å²) in [5.74, 6) is -3.18. The summed E-state index contributed by atoms with van der Waals surface area (Å²) in [4.78, 5) is 98.7. The molecule has 0 spiro atoms. The van der Waals surface area contributed by atoms with Crippen molar-refractivity contribution >= 4 is 41.4 Å². The van der Waals surface area contributed by atoms with Crippen LogP contribution in [0.15, 0.2) is 0 Å². The lowest BCUT2D eigenvalue weighted by Crippen LogP contribution is -2.58. The van der Waals surface area contributed by atoms with E-state index < -0.39 is 78.1 Å². The number of amides is 7. The largest absolute Gasteiger partial charge is 0.345 e. The van der Waals surface area contributed by atoms with Crippen LogP contribution in [-0.4, -0.2) is 132 Å². The first-order valence-electron chi connectivity index (χ1n) is 17.9. The average Bonchev–Trinajstić information content (AvgIpc) is 3.03. The standard InChI is InChI=1S/C32H57N7O7.C4H10/c1-13-20(6)27-32(46)36(9)17-26(41)39(12)24(15-19(4)5)29(43)34-23(14-18(2)3)31(45)38(11)22(8)30(44)37(10)21(7)28(42)33-16-25(40)35-27;1-4(2)3/h18-24,27H,13-17H2,1-12H3,(H,33,42)(H,34,43)(H,35,40);4H,1-3H3/t20?,21?,22?,23-,24-,27?;/m0./s1. The number of rotatable bonds is 6. The van der Waals surface area contributed by atoms with Gasteiger partial charge in [-0.05, 0) is 50.4 Å². The average molecular weight is 710 g/mol. The second-order valence-electron chi connectivity index (χ2n) is 15.2. The van der Waals surface area contributed by atoms with Gasteiger partial charge in [0.2, 0.25) is 41.4 Å². The predicted molar refractivity (Wildman–Crippen MR) is 194 cm³/mol. The molecule has 0 saturated carbocycles. The van der Waals surface area contributed by atoms with Gasteiger partial charge in [0, 0.05) is 28.2 Å². The minimum absolute atomic E-state index is 0.00637. The summed E-state index contributed by atoms with van der Waals surface area (Å²) in [6.07, 6.45) is 1.13. The Kier molecular flexibility index (Phi) is 19.9. The molecule has 0 radical (unpaired) electrons. The molecule has 7 amide bonds. The maximum Gasteiger partial charge on any atom is 0.245 e. The molecule has 1 heterocycles. The molecule has 6 atom stereocenters. The highest BCUT2D eigenvalue weighted by Gasteiger charge is 2.37. The van der Waals surface area contributed by atoms with E-state index in [4.69, 9.17) is 0 Å². The summed E-state index contributed by atoms with van der Waals surface area (Å²) >= 11 is 0. The van der Waals surface area contributed by atoms with Gasteiger partial charge in [-0.25, -0.2) is 0 Å². The van der Waals surface area contributed by atoms with E-state index in [-0.39, 0.29) is 30.7 Å². The molecule has 1 fully saturated rings. The Balaban J connectivity index is 0.00000567. The Morgan fingerprint density at radius 1 is 0.660 bits per heavy atom. The highest BCUT2D eigenvalue weighted by atomic mass is 16.2. The molecule has 3 N–H and O–H groups in total. The molecule has 50 heavy (non-hydrogen) atoms. The second-order valence-corrected chi connectivity index (χ2v) is 15.2. The van der Waals surface area contributed by atoms with Gasteiger partial charge in [-0.3, -0.25) is 33.6 Å². The lowest BCUT2D eigenvalue weighted by Gasteiger charge is -2.35. The van der Waals surface area contributed by atoms with Crippen LogP contribution in [-0.2, 0) is 33.6 Å². The van der Waals surface area contributed by atoms with Crippen LogP contribution in [0.1, 0.15) is 95.4 Å².